The molecule has 0 bridgehead atoms. The molecular weight excluding hydrogens is 362 g/mol. The van der Waals surface area contributed by atoms with Crippen LogP contribution < -0.4 is 5.32 Å². The molecule has 1 fully saturated rings. The maximum Gasteiger partial charge on any atom is 0.321 e. The number of rotatable bonds is 10. The predicted octanol–water partition coefficient (Wildman–Crippen LogP) is 3.84. The van der Waals surface area contributed by atoms with Crippen LogP contribution in [0, 0.1) is 0 Å². The van der Waals surface area contributed by atoms with Gasteiger partial charge in [0.05, 0.1) is 0 Å². The third kappa shape index (κ3) is 5.83. The molecule has 29 heavy (non-hydrogen) atoms. The number of hydrogen-bond acceptors (Lipinski definition) is 2. The second kappa shape index (κ2) is 10.6. The van der Waals surface area contributed by atoms with E-state index in [0.717, 1.165) is 24.8 Å². The molecule has 3 amide bonds. The Balaban J connectivity index is 1.67. The molecule has 1 unspecified atom stereocenters. The molecule has 0 aliphatic carbocycles. The van der Waals surface area contributed by atoms with E-state index in [1.807, 2.05) is 53.4 Å². The van der Waals surface area contributed by atoms with Gasteiger partial charge in [-0.3, -0.25) is 4.79 Å². The number of unbranched alkanes of at least 4 members (excludes halogenated alkanes) is 1. The molecule has 2 aromatic carbocycles. The average Bonchev–Trinajstić information content (AvgIpc) is 3.10. The Morgan fingerprint density at radius 3 is 2.31 bits per heavy atom. The minimum Gasteiger partial charge on any atom is -0.354 e. The highest BCUT2D eigenvalue weighted by Crippen LogP contribution is 2.19. The van der Waals surface area contributed by atoms with E-state index in [1.54, 1.807) is 4.90 Å². The van der Waals surface area contributed by atoms with Crippen LogP contribution in [0.3, 0.4) is 0 Å². The van der Waals surface area contributed by atoms with Crippen LogP contribution in [0.4, 0.5) is 4.79 Å². The highest BCUT2D eigenvalue weighted by molar-refractivity contribution is 5.88. The van der Waals surface area contributed by atoms with Gasteiger partial charge in [-0.05, 0) is 30.4 Å². The Labute approximate surface area is 173 Å². The third-order valence-corrected chi connectivity index (χ3v) is 5.40. The highest BCUT2D eigenvalue weighted by Gasteiger charge is 2.36. The zero-order valence-electron chi connectivity index (χ0n) is 17.2. The van der Waals surface area contributed by atoms with Crippen molar-refractivity contribution in [2.24, 2.45) is 0 Å². The van der Waals surface area contributed by atoms with Crippen LogP contribution in [-0.2, 0) is 17.8 Å². The molecule has 1 heterocycles. The summed E-state index contributed by atoms with van der Waals surface area (Å²) in [6, 6.07) is 19.7. The van der Waals surface area contributed by atoms with Gasteiger partial charge in [-0.15, -0.1) is 0 Å². The maximum atomic E-state index is 13.1. The predicted molar refractivity (Wildman–Crippen MR) is 115 cm³/mol. The van der Waals surface area contributed by atoms with Crippen LogP contribution in [0.1, 0.15) is 37.3 Å². The number of hydrogen-bond donors (Lipinski definition) is 1. The Hall–Kier alpha value is -2.82. The minimum atomic E-state index is -0.430. The summed E-state index contributed by atoms with van der Waals surface area (Å²) in [6.45, 7) is 4.58. The van der Waals surface area contributed by atoms with Crippen molar-refractivity contribution in [1.29, 1.82) is 0 Å². The lowest BCUT2D eigenvalue weighted by atomic mass is 10.0. The quantitative estimate of drug-likeness (QED) is 0.624. The van der Waals surface area contributed by atoms with Crippen LogP contribution in [0.25, 0.3) is 0 Å². The van der Waals surface area contributed by atoms with Gasteiger partial charge < -0.3 is 15.1 Å². The first-order chi connectivity index (χ1) is 14.2. The Kier molecular flexibility index (Phi) is 7.68. The molecule has 0 spiro atoms. The number of nitrogens with one attached hydrogen (secondary N) is 1. The molecule has 5 heteroatoms. The third-order valence-electron chi connectivity index (χ3n) is 5.40. The number of carbonyl (C=O) groups excluding carboxylic acids is 2. The largest absolute Gasteiger partial charge is 0.354 e. The molecule has 3 rings (SSSR count). The molecule has 1 aliphatic heterocycles. The Morgan fingerprint density at radius 1 is 1.00 bits per heavy atom. The van der Waals surface area contributed by atoms with E-state index < -0.39 is 6.04 Å². The van der Waals surface area contributed by atoms with E-state index >= 15 is 0 Å². The summed E-state index contributed by atoms with van der Waals surface area (Å²) >= 11 is 0. The fourth-order valence-electron chi connectivity index (χ4n) is 3.72. The number of nitrogens with zero attached hydrogens (tertiary/aromatic N) is 2. The zero-order chi connectivity index (χ0) is 20.5. The summed E-state index contributed by atoms with van der Waals surface area (Å²) in [5.41, 5.74) is 2.29. The molecule has 0 aromatic heterocycles. The molecule has 5 nitrogen and oxygen atoms in total. The molecule has 2 aromatic rings. The van der Waals surface area contributed by atoms with Crippen molar-refractivity contribution in [3.8, 4) is 0 Å². The van der Waals surface area contributed by atoms with Gasteiger partial charge in [0.2, 0.25) is 5.91 Å². The van der Waals surface area contributed by atoms with Crippen molar-refractivity contribution in [2.75, 3.05) is 19.6 Å². The molecule has 154 valence electrons. The topological polar surface area (TPSA) is 52.7 Å². The maximum absolute atomic E-state index is 13.1. The van der Waals surface area contributed by atoms with Crippen molar-refractivity contribution in [2.45, 2.75) is 45.2 Å². The second-order valence-corrected chi connectivity index (χ2v) is 7.57. The van der Waals surface area contributed by atoms with Gasteiger partial charge in [0, 0.05) is 26.2 Å². The van der Waals surface area contributed by atoms with Crippen LogP contribution in [0.2, 0.25) is 0 Å². The van der Waals surface area contributed by atoms with Crippen LogP contribution in [0.15, 0.2) is 60.7 Å². The van der Waals surface area contributed by atoms with Crippen LogP contribution in [-0.4, -0.2) is 47.4 Å². The number of amides is 3. The highest BCUT2D eigenvalue weighted by atomic mass is 16.2. The lowest BCUT2D eigenvalue weighted by molar-refractivity contribution is -0.125. The molecular formula is C24H31N3O2. The normalized spacial score (nSPS) is 14.9. The van der Waals surface area contributed by atoms with Gasteiger partial charge in [-0.1, -0.05) is 74.0 Å². The molecule has 0 saturated carbocycles. The standard InChI is InChI=1S/C24H31N3O2/c1-2-3-16-25-23(28)22(15-14-20-10-6-4-7-11-20)27-18-17-26(24(27)29)19-21-12-8-5-9-13-21/h4-13,22H,2-3,14-19H2,1H3,(H,25,28). The fourth-order valence-corrected chi connectivity index (χ4v) is 3.72. The number of carbonyl (C=O) groups is 2. The fraction of sp³-hybridized carbons (Fsp3) is 0.417. The van der Waals surface area contributed by atoms with Crippen LogP contribution in [0.5, 0.6) is 0 Å². The molecule has 1 aliphatic rings. The first-order valence-corrected chi connectivity index (χ1v) is 10.6. The molecule has 1 saturated heterocycles. The van der Waals surface area contributed by atoms with E-state index in [1.165, 1.54) is 5.56 Å². The van der Waals surface area contributed by atoms with Crippen molar-refractivity contribution in [1.82, 2.24) is 15.1 Å². The Bertz CT molecular complexity index is 779. The van der Waals surface area contributed by atoms with Gasteiger partial charge in [-0.25, -0.2) is 4.79 Å². The number of benzene rings is 2. The van der Waals surface area contributed by atoms with Crippen molar-refractivity contribution in [3.05, 3.63) is 71.8 Å². The van der Waals surface area contributed by atoms with Gasteiger partial charge >= 0.3 is 6.03 Å². The summed E-state index contributed by atoms with van der Waals surface area (Å²) in [7, 11) is 0. The van der Waals surface area contributed by atoms with E-state index in [2.05, 4.69) is 24.4 Å². The SMILES string of the molecule is CCCCNC(=O)C(CCc1ccccc1)N1CCN(Cc2ccccc2)C1=O. The molecule has 1 atom stereocenters. The summed E-state index contributed by atoms with van der Waals surface area (Å²) < 4.78 is 0. The lowest BCUT2D eigenvalue weighted by Gasteiger charge is -2.27. The van der Waals surface area contributed by atoms with Gasteiger partial charge in [0.25, 0.3) is 0 Å². The van der Waals surface area contributed by atoms with Gasteiger partial charge in [0.1, 0.15) is 6.04 Å². The van der Waals surface area contributed by atoms with E-state index in [9.17, 15) is 9.59 Å². The summed E-state index contributed by atoms with van der Waals surface area (Å²) in [6.07, 6.45) is 3.38. The van der Waals surface area contributed by atoms with E-state index in [0.29, 0.717) is 32.6 Å². The van der Waals surface area contributed by atoms with E-state index in [4.69, 9.17) is 0 Å². The number of aryl methyl sites for hydroxylation is 1. The lowest BCUT2D eigenvalue weighted by Crippen LogP contribution is -2.49. The summed E-state index contributed by atoms with van der Waals surface area (Å²) in [5.74, 6) is -0.0377. The monoisotopic (exact) mass is 393 g/mol. The van der Waals surface area contributed by atoms with E-state index in [-0.39, 0.29) is 11.9 Å². The summed E-state index contributed by atoms with van der Waals surface area (Å²) in [4.78, 5) is 29.6. The second-order valence-electron chi connectivity index (χ2n) is 7.57. The molecule has 1 N–H and O–H groups in total. The molecule has 0 radical (unpaired) electrons. The van der Waals surface area contributed by atoms with Crippen molar-refractivity contribution < 1.29 is 9.59 Å². The first kappa shape index (κ1) is 20.9. The average molecular weight is 394 g/mol. The van der Waals surface area contributed by atoms with Crippen molar-refractivity contribution in [3.63, 3.8) is 0 Å². The van der Waals surface area contributed by atoms with Crippen molar-refractivity contribution >= 4 is 11.9 Å². The summed E-state index contributed by atoms with van der Waals surface area (Å²) in [5, 5.41) is 3.03. The number of urea groups is 1. The Morgan fingerprint density at radius 2 is 1.66 bits per heavy atom. The smallest absolute Gasteiger partial charge is 0.321 e. The zero-order valence-corrected chi connectivity index (χ0v) is 17.2. The van der Waals surface area contributed by atoms with Gasteiger partial charge in [0.15, 0.2) is 0 Å². The first-order valence-electron chi connectivity index (χ1n) is 10.6. The van der Waals surface area contributed by atoms with Gasteiger partial charge in [-0.2, -0.15) is 0 Å². The van der Waals surface area contributed by atoms with Crippen LogP contribution >= 0.6 is 0 Å². The minimum absolute atomic E-state index is 0.0377.